The van der Waals surface area contributed by atoms with Crippen LogP contribution in [0, 0.1) is 11.3 Å². The van der Waals surface area contributed by atoms with Crippen LogP contribution in [-0.4, -0.2) is 51.9 Å². The smallest absolute Gasteiger partial charge is 0.313 e. The Hall–Kier alpha value is -2.99. The summed E-state index contributed by atoms with van der Waals surface area (Å²) in [4.78, 5) is 14.0. The minimum Gasteiger partial charge on any atom is -0.481 e. The van der Waals surface area contributed by atoms with Gasteiger partial charge in [0.05, 0.1) is 11.5 Å². The van der Waals surface area contributed by atoms with E-state index in [9.17, 15) is 20.1 Å². The molecule has 1 unspecified atom stereocenters. The van der Waals surface area contributed by atoms with E-state index >= 15 is 0 Å². The number of nitrogens with zero attached hydrogens (tertiary/aromatic N) is 1. The maximum absolute atomic E-state index is 12.1. The summed E-state index contributed by atoms with van der Waals surface area (Å²) in [6, 6.07) is 20.0. The first kappa shape index (κ1) is 29.6. The van der Waals surface area contributed by atoms with Crippen molar-refractivity contribution in [1.29, 1.82) is 0 Å². The van der Waals surface area contributed by atoms with E-state index < -0.39 is 23.1 Å². The average Bonchev–Trinajstić information content (AvgIpc) is 2.93. The largest absolute Gasteiger partial charge is 0.481 e. The summed E-state index contributed by atoms with van der Waals surface area (Å²) >= 11 is 0. The van der Waals surface area contributed by atoms with Gasteiger partial charge in [-0.1, -0.05) is 85.5 Å². The van der Waals surface area contributed by atoms with Gasteiger partial charge in [-0.05, 0) is 94.3 Å². The number of benzene rings is 2. The van der Waals surface area contributed by atoms with Crippen LogP contribution in [0.5, 0.6) is 0 Å². The molecule has 3 rings (SSSR count). The monoisotopic (exact) mass is 517 g/mol. The lowest BCUT2D eigenvalue weighted by molar-refractivity contribution is -0.144. The summed E-state index contributed by atoms with van der Waals surface area (Å²) in [6.45, 7) is 11.8. The number of likely N-dealkylation sites (tertiary alicyclic amines) is 1. The van der Waals surface area contributed by atoms with Crippen LogP contribution < -0.4 is 0 Å². The second-order valence-corrected chi connectivity index (χ2v) is 10.9. The Morgan fingerprint density at radius 2 is 1.55 bits per heavy atom. The van der Waals surface area contributed by atoms with Gasteiger partial charge in [-0.3, -0.25) is 4.79 Å². The van der Waals surface area contributed by atoms with Gasteiger partial charge >= 0.3 is 5.97 Å². The quantitative estimate of drug-likeness (QED) is 0.303. The number of aliphatic hydroxyl groups excluding tert-OH is 1. The van der Waals surface area contributed by atoms with E-state index in [1.54, 1.807) is 32.1 Å². The molecule has 5 heteroatoms. The molecule has 3 N–H and O–H groups in total. The first-order chi connectivity index (χ1) is 18.1. The van der Waals surface area contributed by atoms with E-state index in [1.807, 2.05) is 67.6 Å². The minimum absolute atomic E-state index is 0.120. The van der Waals surface area contributed by atoms with E-state index in [-0.39, 0.29) is 5.92 Å². The highest BCUT2D eigenvalue weighted by atomic mass is 16.4. The maximum Gasteiger partial charge on any atom is 0.313 e. The molecule has 38 heavy (non-hydrogen) atoms. The zero-order chi connectivity index (χ0) is 27.8. The highest BCUT2D eigenvalue weighted by Gasteiger charge is 2.41. The molecule has 2 aromatic rings. The number of carboxylic acids is 1. The van der Waals surface area contributed by atoms with Crippen LogP contribution in [0.25, 0.3) is 0 Å². The van der Waals surface area contributed by atoms with Gasteiger partial charge in [-0.15, -0.1) is 0 Å². The van der Waals surface area contributed by atoms with Crippen molar-refractivity contribution >= 4 is 5.97 Å². The first-order valence-electron chi connectivity index (χ1n) is 13.6. The molecule has 0 spiro atoms. The fraction of sp³-hybridized carbons (Fsp3) is 0.424. The predicted octanol–water partition coefficient (Wildman–Crippen LogP) is 5.95. The van der Waals surface area contributed by atoms with Crippen LogP contribution >= 0.6 is 0 Å². The van der Waals surface area contributed by atoms with Crippen molar-refractivity contribution < 1.29 is 20.1 Å². The van der Waals surface area contributed by atoms with E-state index in [2.05, 4.69) is 11.5 Å². The van der Waals surface area contributed by atoms with Gasteiger partial charge < -0.3 is 20.2 Å². The van der Waals surface area contributed by atoms with Crippen LogP contribution in [0.4, 0.5) is 0 Å². The summed E-state index contributed by atoms with van der Waals surface area (Å²) in [5, 5.41) is 32.1. The number of hydrogen-bond acceptors (Lipinski definition) is 4. The van der Waals surface area contributed by atoms with Crippen LogP contribution in [0.1, 0.15) is 57.6 Å². The molecule has 0 saturated carbocycles. The molecule has 5 nitrogen and oxygen atoms in total. The fourth-order valence-electron chi connectivity index (χ4n) is 5.39. The minimum atomic E-state index is -1.02. The zero-order valence-electron chi connectivity index (χ0n) is 23.0. The number of piperidine rings is 1. The van der Waals surface area contributed by atoms with Gasteiger partial charge in [0.2, 0.25) is 0 Å². The molecule has 2 aromatic carbocycles. The van der Waals surface area contributed by atoms with Crippen LogP contribution in [0.15, 0.2) is 96.6 Å². The van der Waals surface area contributed by atoms with Crippen molar-refractivity contribution in [3.8, 4) is 0 Å². The third-order valence-electron chi connectivity index (χ3n) is 8.03. The topological polar surface area (TPSA) is 81.0 Å². The van der Waals surface area contributed by atoms with Gasteiger partial charge in [0, 0.05) is 0 Å². The highest BCUT2D eigenvalue weighted by Crippen LogP contribution is 2.42. The van der Waals surface area contributed by atoms with Crippen LogP contribution in [0.3, 0.4) is 0 Å². The maximum atomic E-state index is 12.1. The van der Waals surface area contributed by atoms with E-state index in [0.29, 0.717) is 17.6 Å². The number of aliphatic hydroxyl groups is 2. The molecule has 0 amide bonds. The number of aliphatic carboxylic acids is 1. The third kappa shape index (κ3) is 6.90. The van der Waals surface area contributed by atoms with Crippen molar-refractivity contribution in [3.63, 3.8) is 0 Å². The third-order valence-corrected chi connectivity index (χ3v) is 8.03. The van der Waals surface area contributed by atoms with Crippen molar-refractivity contribution in [3.05, 3.63) is 108 Å². The van der Waals surface area contributed by atoms with Crippen molar-refractivity contribution in [2.75, 3.05) is 19.6 Å². The van der Waals surface area contributed by atoms with Gasteiger partial charge in [-0.2, -0.15) is 0 Å². The second kappa shape index (κ2) is 13.2. The van der Waals surface area contributed by atoms with Gasteiger partial charge in [0.25, 0.3) is 0 Å². The SMILES string of the molecule is C=C(/C=C\C(=C/C)C(C)(C)C(=O)O)C(O)CCCN1CCC(C(O)(c2ccccc2)c2ccccc2)CC1. The van der Waals surface area contributed by atoms with Crippen molar-refractivity contribution in [2.24, 2.45) is 11.3 Å². The molecule has 204 valence electrons. The summed E-state index contributed by atoms with van der Waals surface area (Å²) in [5.41, 5.74) is 1.11. The predicted molar refractivity (Wildman–Crippen MR) is 154 cm³/mol. The molecule has 1 atom stereocenters. The molecule has 1 heterocycles. The number of hydrogen-bond donors (Lipinski definition) is 3. The Balaban J connectivity index is 1.53. The Morgan fingerprint density at radius 3 is 2.03 bits per heavy atom. The molecule has 1 saturated heterocycles. The molecule has 0 aromatic heterocycles. The first-order valence-corrected chi connectivity index (χ1v) is 13.6. The lowest BCUT2D eigenvalue weighted by Crippen LogP contribution is -2.44. The summed E-state index contributed by atoms with van der Waals surface area (Å²) in [7, 11) is 0. The lowest BCUT2D eigenvalue weighted by Gasteiger charge is -2.42. The van der Waals surface area contributed by atoms with Gasteiger partial charge in [-0.25, -0.2) is 0 Å². The Bertz CT molecular complexity index is 1070. The number of allylic oxidation sites excluding steroid dienone is 2. The number of rotatable bonds is 12. The number of carboxylic acid groups (broad SMARTS) is 1. The Morgan fingerprint density at radius 1 is 1.03 bits per heavy atom. The normalized spacial score (nSPS) is 17.0. The van der Waals surface area contributed by atoms with Crippen LogP contribution in [-0.2, 0) is 10.4 Å². The molecule has 0 radical (unpaired) electrons. The summed E-state index contributed by atoms with van der Waals surface area (Å²) < 4.78 is 0. The van der Waals surface area contributed by atoms with E-state index in [4.69, 9.17) is 0 Å². The molecular weight excluding hydrogens is 474 g/mol. The lowest BCUT2D eigenvalue weighted by atomic mass is 9.72. The Labute approximate surface area is 227 Å². The second-order valence-electron chi connectivity index (χ2n) is 10.9. The van der Waals surface area contributed by atoms with E-state index in [1.165, 1.54) is 0 Å². The van der Waals surface area contributed by atoms with Crippen LogP contribution in [0.2, 0.25) is 0 Å². The summed E-state index contributed by atoms with van der Waals surface area (Å²) in [6.07, 6.45) is 7.79. The Kier molecular flexibility index (Phi) is 10.3. The molecule has 1 fully saturated rings. The average molecular weight is 518 g/mol. The molecule has 1 aliphatic rings. The molecule has 0 aliphatic carbocycles. The van der Waals surface area contributed by atoms with Gasteiger partial charge in [0.1, 0.15) is 5.60 Å². The zero-order valence-corrected chi connectivity index (χ0v) is 23.0. The molecule has 1 aliphatic heterocycles. The standard InChI is InChI=1S/C33H43NO4/c1-5-26(32(3,4)31(36)37)19-18-25(2)30(35)17-12-22-34-23-20-29(21-24-34)33(38,27-13-8-6-9-14-27)28-15-10-7-11-16-28/h5-11,13-16,18-19,29-30,35,38H,2,12,17,20-24H2,1,3-4H3,(H,36,37)/b19-18-,26-5+. The molecular formula is C33H43NO4. The highest BCUT2D eigenvalue weighted by molar-refractivity contribution is 5.78. The van der Waals surface area contributed by atoms with E-state index in [0.717, 1.165) is 50.0 Å². The summed E-state index contributed by atoms with van der Waals surface area (Å²) in [5.74, 6) is -0.772. The van der Waals surface area contributed by atoms with Gasteiger partial charge in [0.15, 0.2) is 0 Å². The fourth-order valence-corrected chi connectivity index (χ4v) is 5.39. The van der Waals surface area contributed by atoms with Crippen molar-refractivity contribution in [1.82, 2.24) is 4.90 Å². The number of carbonyl (C=O) groups is 1. The molecule has 0 bridgehead atoms. The van der Waals surface area contributed by atoms with Crippen molar-refractivity contribution in [2.45, 2.75) is 58.2 Å².